The van der Waals surface area contributed by atoms with Crippen LogP contribution < -0.4 is 20.1 Å². The van der Waals surface area contributed by atoms with Gasteiger partial charge in [-0.3, -0.25) is 14.8 Å². The number of hydrogen-bond acceptors (Lipinski definition) is 7. The Bertz CT molecular complexity index is 1570. The summed E-state index contributed by atoms with van der Waals surface area (Å²) in [7, 11) is 0. The van der Waals surface area contributed by atoms with Crippen molar-refractivity contribution in [2.45, 2.75) is 33.8 Å². The standard InChI is InChI=1S/C30H28ClN5O3/c1-4-9-29(37)36-26-15-21-25(16-28(26)38-6-3)35-24(5-2)22(17-32)30(21)34-19-11-12-27(23(31)14-19)39-18-20-10-7-8-13-33-20/h4,7-16H,5-6,18H2,1-3H3,(H,34,35)(H,36,37)/b9-4+. The minimum atomic E-state index is -0.293. The zero-order valence-corrected chi connectivity index (χ0v) is 22.7. The molecule has 9 heteroatoms. The van der Waals surface area contributed by atoms with Gasteiger partial charge in [0.05, 0.1) is 45.5 Å². The number of anilines is 3. The molecule has 0 aliphatic carbocycles. The Morgan fingerprint density at radius 1 is 1.13 bits per heavy atom. The third-order valence-corrected chi connectivity index (χ3v) is 6.08. The van der Waals surface area contributed by atoms with E-state index in [9.17, 15) is 10.1 Å². The summed E-state index contributed by atoms with van der Waals surface area (Å²) >= 11 is 6.55. The van der Waals surface area contributed by atoms with Crippen LogP contribution in [0.2, 0.25) is 5.02 Å². The van der Waals surface area contributed by atoms with Crippen LogP contribution in [0.4, 0.5) is 17.1 Å². The molecule has 4 aromatic rings. The van der Waals surface area contributed by atoms with E-state index in [0.717, 1.165) is 5.69 Å². The van der Waals surface area contributed by atoms with Crippen LogP contribution in [0.15, 0.2) is 66.9 Å². The van der Waals surface area contributed by atoms with Crippen molar-refractivity contribution in [2.24, 2.45) is 0 Å². The largest absolute Gasteiger partial charge is 0.492 e. The minimum absolute atomic E-state index is 0.282. The molecule has 4 rings (SSSR count). The number of aryl methyl sites for hydroxylation is 1. The molecule has 2 heterocycles. The molecule has 0 bridgehead atoms. The fourth-order valence-electron chi connectivity index (χ4n) is 4.02. The van der Waals surface area contributed by atoms with Gasteiger partial charge in [-0.1, -0.05) is 30.7 Å². The van der Waals surface area contributed by atoms with Crippen LogP contribution in [0.5, 0.6) is 11.5 Å². The van der Waals surface area contributed by atoms with Crippen molar-refractivity contribution in [3.05, 3.63) is 88.9 Å². The Morgan fingerprint density at radius 3 is 2.64 bits per heavy atom. The number of carbonyl (C=O) groups is 1. The van der Waals surface area contributed by atoms with Gasteiger partial charge in [0.1, 0.15) is 24.2 Å². The lowest BCUT2D eigenvalue weighted by atomic mass is 10.0. The van der Waals surface area contributed by atoms with Gasteiger partial charge in [-0.2, -0.15) is 5.26 Å². The third-order valence-electron chi connectivity index (χ3n) is 5.79. The van der Waals surface area contributed by atoms with Crippen LogP contribution in [0, 0.1) is 11.3 Å². The summed E-state index contributed by atoms with van der Waals surface area (Å²) in [4.78, 5) is 21.3. The van der Waals surface area contributed by atoms with E-state index in [1.807, 2.05) is 38.1 Å². The monoisotopic (exact) mass is 541 g/mol. The number of amides is 1. The number of ether oxygens (including phenoxy) is 2. The maximum Gasteiger partial charge on any atom is 0.248 e. The van der Waals surface area contributed by atoms with Crippen LogP contribution >= 0.6 is 11.6 Å². The molecule has 0 radical (unpaired) electrons. The Morgan fingerprint density at radius 2 is 1.97 bits per heavy atom. The predicted octanol–water partition coefficient (Wildman–Crippen LogP) is 6.95. The van der Waals surface area contributed by atoms with Gasteiger partial charge in [0.25, 0.3) is 0 Å². The van der Waals surface area contributed by atoms with Gasteiger partial charge in [-0.05, 0) is 62.7 Å². The number of benzene rings is 2. The number of hydrogen-bond donors (Lipinski definition) is 2. The fraction of sp³-hybridized carbons (Fsp3) is 0.200. The first kappa shape index (κ1) is 27.4. The van der Waals surface area contributed by atoms with Crippen LogP contribution in [0.3, 0.4) is 0 Å². The molecule has 8 nitrogen and oxygen atoms in total. The molecule has 2 aromatic carbocycles. The molecule has 198 valence electrons. The Hall–Kier alpha value is -4.61. The molecule has 2 N–H and O–H groups in total. The summed E-state index contributed by atoms with van der Waals surface area (Å²) in [5.74, 6) is 0.710. The number of nitriles is 1. The highest BCUT2D eigenvalue weighted by Crippen LogP contribution is 2.38. The molecule has 0 spiro atoms. The van der Waals surface area contributed by atoms with Gasteiger partial charge in [-0.25, -0.2) is 0 Å². The highest BCUT2D eigenvalue weighted by atomic mass is 35.5. The zero-order valence-electron chi connectivity index (χ0n) is 21.9. The van der Waals surface area contributed by atoms with Crippen LogP contribution in [-0.2, 0) is 17.8 Å². The average Bonchev–Trinajstić information content (AvgIpc) is 2.93. The quantitative estimate of drug-likeness (QED) is 0.209. The summed E-state index contributed by atoms with van der Waals surface area (Å²) in [5, 5.41) is 17.4. The topological polar surface area (TPSA) is 109 Å². The Kier molecular flexibility index (Phi) is 8.97. The molecule has 1 amide bonds. The van der Waals surface area contributed by atoms with Crippen molar-refractivity contribution in [3.8, 4) is 17.6 Å². The van der Waals surface area contributed by atoms with Crippen molar-refractivity contribution in [3.63, 3.8) is 0 Å². The normalized spacial score (nSPS) is 10.8. The van der Waals surface area contributed by atoms with E-state index in [4.69, 9.17) is 26.1 Å². The maximum atomic E-state index is 12.4. The molecule has 0 unspecified atom stereocenters. The third kappa shape index (κ3) is 6.46. The highest BCUT2D eigenvalue weighted by molar-refractivity contribution is 6.32. The van der Waals surface area contributed by atoms with E-state index in [1.54, 1.807) is 43.5 Å². The number of nitrogens with one attached hydrogen (secondary N) is 2. The average molecular weight is 542 g/mol. The van der Waals surface area contributed by atoms with E-state index >= 15 is 0 Å². The van der Waals surface area contributed by atoms with Gasteiger partial charge in [-0.15, -0.1) is 0 Å². The van der Waals surface area contributed by atoms with Gasteiger partial charge in [0, 0.05) is 23.3 Å². The van der Waals surface area contributed by atoms with E-state index in [-0.39, 0.29) is 12.5 Å². The molecule has 0 saturated carbocycles. The van der Waals surface area contributed by atoms with E-state index < -0.39 is 0 Å². The summed E-state index contributed by atoms with van der Waals surface area (Å²) < 4.78 is 11.6. The molecule has 0 fully saturated rings. The first-order valence-corrected chi connectivity index (χ1v) is 12.9. The number of fused-ring (bicyclic) bond motifs is 1. The van der Waals surface area contributed by atoms with Crippen LogP contribution in [-0.4, -0.2) is 22.5 Å². The molecule has 0 aliphatic rings. The van der Waals surface area contributed by atoms with Gasteiger partial charge < -0.3 is 20.1 Å². The molecule has 0 atom stereocenters. The van der Waals surface area contributed by atoms with Crippen molar-refractivity contribution in [1.82, 2.24) is 9.97 Å². The number of nitrogens with zero attached hydrogens (tertiary/aromatic N) is 3. The number of aromatic nitrogens is 2. The molecular formula is C30H28ClN5O3. The fourth-order valence-corrected chi connectivity index (χ4v) is 4.26. The van der Waals surface area contributed by atoms with Crippen molar-refractivity contribution in [1.29, 1.82) is 5.26 Å². The molecular weight excluding hydrogens is 514 g/mol. The van der Waals surface area contributed by atoms with Gasteiger partial charge in [0.15, 0.2) is 0 Å². The first-order valence-electron chi connectivity index (χ1n) is 12.5. The van der Waals surface area contributed by atoms with E-state index in [0.29, 0.717) is 68.8 Å². The van der Waals surface area contributed by atoms with Crippen LogP contribution in [0.1, 0.15) is 37.7 Å². The zero-order chi connectivity index (χ0) is 27.8. The van der Waals surface area contributed by atoms with Crippen molar-refractivity contribution in [2.75, 3.05) is 17.2 Å². The molecule has 0 aliphatic heterocycles. The Balaban J connectivity index is 1.75. The summed E-state index contributed by atoms with van der Waals surface area (Å²) in [6.07, 6.45) is 5.34. The smallest absolute Gasteiger partial charge is 0.248 e. The lowest BCUT2D eigenvalue weighted by molar-refractivity contribution is -0.111. The molecule has 39 heavy (non-hydrogen) atoms. The minimum Gasteiger partial charge on any atom is -0.492 e. The summed E-state index contributed by atoms with van der Waals surface area (Å²) in [5.41, 5.74) is 4.15. The highest BCUT2D eigenvalue weighted by Gasteiger charge is 2.19. The maximum absolute atomic E-state index is 12.4. The van der Waals surface area contributed by atoms with E-state index in [1.165, 1.54) is 6.08 Å². The molecule has 2 aromatic heterocycles. The second-order valence-electron chi connectivity index (χ2n) is 8.44. The van der Waals surface area contributed by atoms with E-state index in [2.05, 4.69) is 21.7 Å². The lowest BCUT2D eigenvalue weighted by Crippen LogP contribution is -2.10. The number of rotatable bonds is 10. The number of halogens is 1. The number of allylic oxidation sites excluding steroid dienone is 1. The second kappa shape index (κ2) is 12.8. The molecule has 0 saturated heterocycles. The summed E-state index contributed by atoms with van der Waals surface area (Å²) in [6, 6.07) is 16.8. The summed E-state index contributed by atoms with van der Waals surface area (Å²) in [6.45, 7) is 6.27. The SMILES string of the molecule is C/C=C/C(=O)Nc1cc2c(Nc3ccc(OCc4ccccn4)c(Cl)c3)c(C#N)c(CC)nc2cc1OCC. The van der Waals surface area contributed by atoms with Gasteiger partial charge >= 0.3 is 0 Å². The predicted molar refractivity (Wildman–Crippen MR) is 154 cm³/mol. The van der Waals surface area contributed by atoms with Crippen LogP contribution in [0.25, 0.3) is 10.9 Å². The second-order valence-corrected chi connectivity index (χ2v) is 8.85. The van der Waals surface area contributed by atoms with Crippen molar-refractivity contribution < 1.29 is 14.3 Å². The first-order chi connectivity index (χ1) is 19.0. The Labute approximate surface area is 232 Å². The van der Waals surface area contributed by atoms with Gasteiger partial charge in [0.2, 0.25) is 5.91 Å². The lowest BCUT2D eigenvalue weighted by Gasteiger charge is -2.18. The number of pyridine rings is 2. The van der Waals surface area contributed by atoms with Crippen molar-refractivity contribution >= 4 is 45.5 Å². The number of carbonyl (C=O) groups excluding carboxylic acids is 1.